The lowest BCUT2D eigenvalue weighted by atomic mass is 10.2. The number of carbonyl (C=O) groups excluding carboxylic acids is 2. The second-order valence-corrected chi connectivity index (χ2v) is 5.65. The first-order chi connectivity index (χ1) is 12.5. The number of halogens is 1. The smallest absolute Gasteiger partial charge is 0.244 e. The number of hydrogen-bond acceptors (Lipinski definition) is 3. The highest BCUT2D eigenvalue weighted by Crippen LogP contribution is 2.16. The van der Waals surface area contributed by atoms with Crippen molar-refractivity contribution in [2.24, 2.45) is 0 Å². The highest BCUT2D eigenvalue weighted by Gasteiger charge is 2.06. The van der Waals surface area contributed by atoms with E-state index in [2.05, 4.69) is 10.6 Å². The van der Waals surface area contributed by atoms with Gasteiger partial charge >= 0.3 is 0 Å². The number of anilines is 1. The van der Waals surface area contributed by atoms with Gasteiger partial charge in [-0.25, -0.2) is 4.39 Å². The lowest BCUT2D eigenvalue weighted by molar-refractivity contribution is -0.117. The molecule has 2 amide bonds. The predicted octanol–water partition coefficient (Wildman–Crippen LogP) is 3.30. The van der Waals surface area contributed by atoms with Crippen LogP contribution < -0.4 is 15.4 Å². The maximum Gasteiger partial charge on any atom is 0.244 e. The molecular weight excluding hydrogens is 335 g/mol. The summed E-state index contributed by atoms with van der Waals surface area (Å²) in [7, 11) is 1.59. The summed E-state index contributed by atoms with van der Waals surface area (Å²) in [5, 5.41) is 5.27. The van der Waals surface area contributed by atoms with Crippen molar-refractivity contribution in [2.75, 3.05) is 19.0 Å². The number of nitrogens with one attached hydrogen (secondary N) is 2. The van der Waals surface area contributed by atoms with Gasteiger partial charge in [0.25, 0.3) is 0 Å². The highest BCUT2D eigenvalue weighted by molar-refractivity contribution is 5.93. The molecular formula is C20H21FN2O3. The molecule has 0 spiro atoms. The summed E-state index contributed by atoms with van der Waals surface area (Å²) in [6.45, 7) is 1.97. The van der Waals surface area contributed by atoms with Crippen LogP contribution >= 0.6 is 0 Å². The predicted molar refractivity (Wildman–Crippen MR) is 99.4 cm³/mol. The van der Waals surface area contributed by atoms with E-state index in [0.29, 0.717) is 5.69 Å². The molecule has 2 N–H and O–H groups in total. The molecule has 2 rings (SSSR count). The molecule has 0 aliphatic rings. The van der Waals surface area contributed by atoms with Crippen molar-refractivity contribution in [2.45, 2.75) is 13.3 Å². The number of amides is 2. The molecule has 6 heteroatoms. The van der Waals surface area contributed by atoms with Gasteiger partial charge in [0.15, 0.2) is 0 Å². The molecule has 0 aliphatic heterocycles. The van der Waals surface area contributed by atoms with E-state index in [-0.39, 0.29) is 24.8 Å². The van der Waals surface area contributed by atoms with E-state index in [9.17, 15) is 14.0 Å². The number of rotatable bonds is 7. The van der Waals surface area contributed by atoms with E-state index < -0.39 is 5.82 Å². The Bertz CT molecular complexity index is 801. The van der Waals surface area contributed by atoms with Crippen molar-refractivity contribution in [3.8, 4) is 5.75 Å². The van der Waals surface area contributed by atoms with Gasteiger partial charge in [0.1, 0.15) is 11.6 Å². The zero-order chi connectivity index (χ0) is 18.9. The topological polar surface area (TPSA) is 67.4 Å². The summed E-state index contributed by atoms with van der Waals surface area (Å²) in [6, 6.07) is 11.5. The molecule has 0 aromatic heterocycles. The summed E-state index contributed by atoms with van der Waals surface area (Å²) < 4.78 is 18.3. The van der Waals surface area contributed by atoms with Gasteiger partial charge in [-0.3, -0.25) is 9.59 Å². The largest absolute Gasteiger partial charge is 0.497 e. The van der Waals surface area contributed by atoms with Crippen molar-refractivity contribution < 1.29 is 18.7 Å². The minimum Gasteiger partial charge on any atom is -0.497 e. The third-order valence-electron chi connectivity index (χ3n) is 3.67. The fraction of sp³-hybridized carbons (Fsp3) is 0.200. The van der Waals surface area contributed by atoms with Crippen LogP contribution in [-0.4, -0.2) is 25.5 Å². The summed E-state index contributed by atoms with van der Waals surface area (Å²) in [4.78, 5) is 23.7. The number of methoxy groups -OCH3 is 1. The van der Waals surface area contributed by atoms with Crippen LogP contribution in [0.5, 0.6) is 5.75 Å². The summed E-state index contributed by atoms with van der Waals surface area (Å²) in [6.07, 6.45) is 3.17. The van der Waals surface area contributed by atoms with Crippen LogP contribution in [0.2, 0.25) is 0 Å². The van der Waals surface area contributed by atoms with Gasteiger partial charge in [-0.1, -0.05) is 18.2 Å². The van der Waals surface area contributed by atoms with Crippen LogP contribution in [0.15, 0.2) is 48.5 Å². The quantitative estimate of drug-likeness (QED) is 0.748. The molecule has 5 nitrogen and oxygen atoms in total. The van der Waals surface area contributed by atoms with Crippen molar-refractivity contribution in [3.63, 3.8) is 0 Å². The number of ether oxygens (including phenoxy) is 1. The van der Waals surface area contributed by atoms with Crippen LogP contribution in [0.25, 0.3) is 6.08 Å². The second-order valence-electron chi connectivity index (χ2n) is 5.65. The third-order valence-corrected chi connectivity index (χ3v) is 3.67. The average molecular weight is 356 g/mol. The third kappa shape index (κ3) is 6.05. The average Bonchev–Trinajstić information content (AvgIpc) is 2.63. The van der Waals surface area contributed by atoms with Gasteiger partial charge < -0.3 is 15.4 Å². The maximum absolute atomic E-state index is 13.2. The second kappa shape index (κ2) is 9.36. The number of aryl methyl sites for hydroxylation is 1. The number of benzene rings is 2. The van der Waals surface area contributed by atoms with E-state index in [1.54, 1.807) is 38.3 Å². The Labute approximate surface area is 151 Å². The Morgan fingerprint density at radius 1 is 1.15 bits per heavy atom. The van der Waals surface area contributed by atoms with Gasteiger partial charge in [-0.15, -0.1) is 0 Å². The van der Waals surface area contributed by atoms with Crippen molar-refractivity contribution in [1.82, 2.24) is 5.32 Å². The maximum atomic E-state index is 13.2. The van der Waals surface area contributed by atoms with Gasteiger partial charge in [0, 0.05) is 24.7 Å². The Hall–Kier alpha value is -3.15. The Morgan fingerprint density at radius 2 is 1.88 bits per heavy atom. The first-order valence-corrected chi connectivity index (χ1v) is 8.14. The Balaban J connectivity index is 1.75. The van der Waals surface area contributed by atoms with Crippen molar-refractivity contribution in [1.29, 1.82) is 0 Å². The molecule has 0 saturated carbocycles. The molecule has 2 aromatic rings. The van der Waals surface area contributed by atoms with Gasteiger partial charge in [0.05, 0.1) is 7.11 Å². The first-order valence-electron chi connectivity index (χ1n) is 8.14. The number of hydrogen-bond donors (Lipinski definition) is 2. The first kappa shape index (κ1) is 19.2. The lowest BCUT2D eigenvalue weighted by Gasteiger charge is -2.08. The minimum absolute atomic E-state index is 0.0953. The molecule has 0 saturated heterocycles. The lowest BCUT2D eigenvalue weighted by Crippen LogP contribution is -2.26. The van der Waals surface area contributed by atoms with E-state index in [4.69, 9.17) is 4.74 Å². The molecule has 0 aliphatic carbocycles. The molecule has 0 fully saturated rings. The molecule has 136 valence electrons. The van der Waals surface area contributed by atoms with Crippen LogP contribution in [0.3, 0.4) is 0 Å². The molecule has 2 aromatic carbocycles. The van der Waals surface area contributed by atoms with E-state index >= 15 is 0 Å². The van der Waals surface area contributed by atoms with Crippen LogP contribution in [0, 0.1) is 12.7 Å². The molecule has 0 radical (unpaired) electrons. The SMILES string of the molecule is COc1ccc(C=CC(=O)NCCC(=O)Nc2cc(F)ccc2C)cc1. The Morgan fingerprint density at radius 3 is 2.58 bits per heavy atom. The summed E-state index contributed by atoms with van der Waals surface area (Å²) in [5.74, 6) is -0.261. The molecule has 0 atom stereocenters. The van der Waals surface area contributed by atoms with E-state index in [1.807, 2.05) is 12.1 Å². The standard InChI is InChI=1S/C20H21FN2O3/c1-14-3-7-16(21)13-18(14)23-20(25)11-12-22-19(24)10-6-15-4-8-17(26-2)9-5-15/h3-10,13H,11-12H2,1-2H3,(H,22,24)(H,23,25). The van der Waals surface area contributed by atoms with E-state index in [0.717, 1.165) is 16.9 Å². The monoisotopic (exact) mass is 356 g/mol. The fourth-order valence-corrected chi connectivity index (χ4v) is 2.19. The summed E-state index contributed by atoms with van der Waals surface area (Å²) >= 11 is 0. The van der Waals surface area contributed by atoms with Crippen molar-refractivity contribution in [3.05, 3.63) is 65.5 Å². The normalized spacial score (nSPS) is 10.6. The van der Waals surface area contributed by atoms with Crippen LogP contribution in [-0.2, 0) is 9.59 Å². The summed E-state index contributed by atoms with van der Waals surface area (Å²) in [5.41, 5.74) is 2.06. The highest BCUT2D eigenvalue weighted by atomic mass is 19.1. The zero-order valence-corrected chi connectivity index (χ0v) is 14.7. The van der Waals surface area contributed by atoms with Crippen LogP contribution in [0.1, 0.15) is 17.5 Å². The molecule has 0 heterocycles. The van der Waals surface area contributed by atoms with Gasteiger partial charge in [0.2, 0.25) is 11.8 Å². The van der Waals surface area contributed by atoms with Gasteiger partial charge in [-0.05, 0) is 48.4 Å². The van der Waals surface area contributed by atoms with Crippen molar-refractivity contribution >= 4 is 23.6 Å². The Kier molecular flexibility index (Phi) is 6.91. The zero-order valence-electron chi connectivity index (χ0n) is 14.7. The molecule has 26 heavy (non-hydrogen) atoms. The molecule has 0 bridgehead atoms. The number of carbonyl (C=O) groups is 2. The van der Waals surface area contributed by atoms with Gasteiger partial charge in [-0.2, -0.15) is 0 Å². The van der Waals surface area contributed by atoms with E-state index in [1.165, 1.54) is 18.2 Å². The minimum atomic E-state index is -0.414. The molecule has 0 unspecified atom stereocenters. The van der Waals surface area contributed by atoms with Crippen LogP contribution in [0.4, 0.5) is 10.1 Å². The fourth-order valence-electron chi connectivity index (χ4n) is 2.19.